The highest BCUT2D eigenvalue weighted by Crippen LogP contribution is 1.79. The quantitative estimate of drug-likeness (QED) is 0.578. The van der Waals surface area contributed by atoms with Gasteiger partial charge in [0.25, 0.3) is 0 Å². The zero-order chi connectivity index (χ0) is 7.07. The lowest BCUT2D eigenvalue weighted by molar-refractivity contribution is 0.567. The van der Waals surface area contributed by atoms with Crippen LogP contribution in [0, 0.1) is 0 Å². The second kappa shape index (κ2) is 4.61. The monoisotopic (exact) mass is 138 g/mol. The number of hydrogen-bond donors (Lipinski definition) is 1. The lowest BCUT2D eigenvalue weighted by Gasteiger charge is -1.75. The summed E-state index contributed by atoms with van der Waals surface area (Å²) in [6, 6.07) is 3.67. The van der Waals surface area contributed by atoms with Crippen molar-refractivity contribution in [3.63, 3.8) is 0 Å². The smallest absolute Gasteiger partial charge is 0.0902 e. The highest BCUT2D eigenvalue weighted by atomic mass is 16.3. The molecule has 0 aromatic carbocycles. The fourth-order valence-corrected chi connectivity index (χ4v) is 0.550. The topological polar surface area (TPSA) is 37.5 Å². The minimum atomic E-state index is 0.958. The highest BCUT2D eigenvalue weighted by Gasteiger charge is 1.82. The standard InChI is InChI=1S/C4H4O.C3H6N2/c1-2-4-5-3-1;1-2-5-3-4-1/h1-4H;3H,1-2H2,(H,4,5). The van der Waals surface area contributed by atoms with Gasteiger partial charge in [0.2, 0.25) is 0 Å². The number of nitrogens with zero attached hydrogens (tertiary/aromatic N) is 1. The Morgan fingerprint density at radius 2 is 2.10 bits per heavy atom. The van der Waals surface area contributed by atoms with Crippen LogP contribution in [-0.4, -0.2) is 19.4 Å². The molecule has 1 aromatic rings. The van der Waals surface area contributed by atoms with Gasteiger partial charge in [-0.2, -0.15) is 0 Å². The van der Waals surface area contributed by atoms with Gasteiger partial charge in [-0.1, -0.05) is 0 Å². The van der Waals surface area contributed by atoms with Crippen molar-refractivity contribution in [2.24, 2.45) is 4.99 Å². The number of furan rings is 1. The number of aliphatic imine (C=N–C) groups is 1. The van der Waals surface area contributed by atoms with Gasteiger partial charge in [-0.05, 0) is 12.1 Å². The first-order valence-electron chi connectivity index (χ1n) is 3.19. The summed E-state index contributed by atoms with van der Waals surface area (Å²) in [5, 5.41) is 2.93. The van der Waals surface area contributed by atoms with Gasteiger partial charge in [0, 0.05) is 6.54 Å². The van der Waals surface area contributed by atoms with Crippen molar-refractivity contribution in [3.05, 3.63) is 24.7 Å². The van der Waals surface area contributed by atoms with E-state index in [4.69, 9.17) is 0 Å². The van der Waals surface area contributed by atoms with Crippen molar-refractivity contribution in [1.29, 1.82) is 0 Å². The molecule has 3 nitrogen and oxygen atoms in total. The van der Waals surface area contributed by atoms with Crippen LogP contribution >= 0.6 is 0 Å². The lowest BCUT2D eigenvalue weighted by atomic mass is 10.7. The van der Waals surface area contributed by atoms with Crippen molar-refractivity contribution >= 4 is 6.34 Å². The third kappa shape index (κ3) is 2.91. The predicted octanol–water partition coefficient (Wildman–Crippen LogP) is 0.897. The lowest BCUT2D eigenvalue weighted by Crippen LogP contribution is -2.04. The van der Waals surface area contributed by atoms with Gasteiger partial charge < -0.3 is 9.73 Å². The average molecular weight is 138 g/mol. The molecule has 54 valence electrons. The molecule has 0 amide bonds. The maximum Gasteiger partial charge on any atom is 0.0902 e. The van der Waals surface area contributed by atoms with E-state index in [0.29, 0.717) is 0 Å². The Balaban J connectivity index is 0.0000001000. The van der Waals surface area contributed by atoms with Crippen molar-refractivity contribution in [2.75, 3.05) is 13.1 Å². The molecule has 3 heteroatoms. The van der Waals surface area contributed by atoms with Gasteiger partial charge in [-0.25, -0.2) is 0 Å². The summed E-state index contributed by atoms with van der Waals surface area (Å²) >= 11 is 0. The van der Waals surface area contributed by atoms with E-state index >= 15 is 0 Å². The largest absolute Gasteiger partial charge is 0.473 e. The molecule has 0 saturated heterocycles. The molecule has 2 rings (SSSR count). The van der Waals surface area contributed by atoms with E-state index in [1.165, 1.54) is 0 Å². The molecule has 0 atom stereocenters. The van der Waals surface area contributed by atoms with Gasteiger partial charge in [0.15, 0.2) is 0 Å². The predicted molar refractivity (Wildman–Crippen MR) is 40.1 cm³/mol. The summed E-state index contributed by atoms with van der Waals surface area (Å²) in [6.07, 6.45) is 4.99. The van der Waals surface area contributed by atoms with Gasteiger partial charge in [0.05, 0.1) is 25.4 Å². The van der Waals surface area contributed by atoms with Gasteiger partial charge in [-0.15, -0.1) is 0 Å². The number of hydrogen-bond acceptors (Lipinski definition) is 3. The fraction of sp³-hybridized carbons (Fsp3) is 0.286. The fourth-order valence-electron chi connectivity index (χ4n) is 0.550. The normalized spacial score (nSPS) is 13.6. The van der Waals surface area contributed by atoms with Crippen LogP contribution in [-0.2, 0) is 0 Å². The van der Waals surface area contributed by atoms with E-state index in [1.807, 2.05) is 12.1 Å². The maximum absolute atomic E-state index is 4.58. The number of nitrogens with one attached hydrogen (secondary N) is 1. The van der Waals surface area contributed by atoms with Crippen LogP contribution in [0.4, 0.5) is 0 Å². The summed E-state index contributed by atoms with van der Waals surface area (Å²) in [7, 11) is 0. The molecule has 0 aliphatic carbocycles. The van der Waals surface area contributed by atoms with Crippen LogP contribution in [0.5, 0.6) is 0 Å². The first-order valence-corrected chi connectivity index (χ1v) is 3.19. The summed E-state index contributed by atoms with van der Waals surface area (Å²) in [6.45, 7) is 1.99. The molecule has 1 aliphatic heterocycles. The first-order chi connectivity index (χ1) is 5.00. The van der Waals surface area contributed by atoms with E-state index < -0.39 is 0 Å². The summed E-state index contributed by atoms with van der Waals surface area (Å²) < 4.78 is 4.58. The zero-order valence-electron chi connectivity index (χ0n) is 5.66. The van der Waals surface area contributed by atoms with Crippen LogP contribution in [0.2, 0.25) is 0 Å². The highest BCUT2D eigenvalue weighted by molar-refractivity contribution is 5.56. The summed E-state index contributed by atoms with van der Waals surface area (Å²) in [5.74, 6) is 0. The molecule has 0 fully saturated rings. The zero-order valence-corrected chi connectivity index (χ0v) is 5.66. The third-order valence-electron chi connectivity index (χ3n) is 0.993. The summed E-state index contributed by atoms with van der Waals surface area (Å²) in [4.78, 5) is 3.85. The van der Waals surface area contributed by atoms with Crippen molar-refractivity contribution in [1.82, 2.24) is 5.32 Å². The molecule has 1 aromatic heterocycles. The molecule has 0 bridgehead atoms. The molecule has 0 radical (unpaired) electrons. The van der Waals surface area contributed by atoms with Crippen LogP contribution in [0.15, 0.2) is 34.1 Å². The minimum Gasteiger partial charge on any atom is -0.473 e. The third-order valence-corrected chi connectivity index (χ3v) is 0.993. The van der Waals surface area contributed by atoms with Gasteiger partial charge in [-0.3, -0.25) is 4.99 Å². The van der Waals surface area contributed by atoms with Crippen molar-refractivity contribution < 1.29 is 4.42 Å². The SMILES string of the molecule is C1=NCCN1.c1ccoc1. The average Bonchev–Trinajstić information content (AvgIpc) is 2.67. The molecule has 10 heavy (non-hydrogen) atoms. The minimum absolute atomic E-state index is 0.958. The summed E-state index contributed by atoms with van der Waals surface area (Å²) in [5.41, 5.74) is 0. The Morgan fingerprint density at radius 1 is 1.30 bits per heavy atom. The van der Waals surface area contributed by atoms with E-state index in [1.54, 1.807) is 18.9 Å². The second-order valence-corrected chi connectivity index (χ2v) is 1.78. The molecule has 0 saturated carbocycles. The first kappa shape index (κ1) is 6.86. The van der Waals surface area contributed by atoms with Gasteiger partial charge in [0.1, 0.15) is 0 Å². The van der Waals surface area contributed by atoms with E-state index in [2.05, 4.69) is 14.7 Å². The van der Waals surface area contributed by atoms with E-state index in [-0.39, 0.29) is 0 Å². The van der Waals surface area contributed by atoms with Crippen LogP contribution in [0.1, 0.15) is 0 Å². The molecular formula is C7H10N2O. The van der Waals surface area contributed by atoms with Gasteiger partial charge >= 0.3 is 0 Å². The number of rotatable bonds is 0. The Hall–Kier alpha value is -1.25. The van der Waals surface area contributed by atoms with Crippen LogP contribution < -0.4 is 5.32 Å². The Morgan fingerprint density at radius 3 is 2.30 bits per heavy atom. The Kier molecular flexibility index (Phi) is 3.17. The van der Waals surface area contributed by atoms with Crippen molar-refractivity contribution in [3.8, 4) is 0 Å². The molecule has 1 N–H and O–H groups in total. The molecule has 0 unspecified atom stereocenters. The molecular weight excluding hydrogens is 128 g/mol. The van der Waals surface area contributed by atoms with Crippen molar-refractivity contribution in [2.45, 2.75) is 0 Å². The van der Waals surface area contributed by atoms with Crippen LogP contribution in [0.3, 0.4) is 0 Å². The Bertz CT molecular complexity index is 147. The molecule has 1 aliphatic rings. The van der Waals surface area contributed by atoms with E-state index in [9.17, 15) is 0 Å². The van der Waals surface area contributed by atoms with E-state index in [0.717, 1.165) is 13.1 Å². The van der Waals surface area contributed by atoms with Crippen LogP contribution in [0.25, 0.3) is 0 Å². The molecule has 2 heterocycles. The maximum atomic E-state index is 4.58. The second-order valence-electron chi connectivity index (χ2n) is 1.78. The molecule has 0 spiro atoms. The Labute approximate surface area is 59.8 Å².